The zero-order valence-electron chi connectivity index (χ0n) is 8.54. The fourth-order valence-corrected chi connectivity index (χ4v) is 2.85. The largest absolute Gasteiger partial charge is 0.303 e. The summed E-state index contributed by atoms with van der Waals surface area (Å²) in [5.74, 6) is 0.286. The van der Waals surface area contributed by atoms with Crippen LogP contribution in [-0.2, 0) is 13.0 Å². The van der Waals surface area contributed by atoms with E-state index in [-0.39, 0.29) is 5.78 Å². The van der Waals surface area contributed by atoms with Crippen LogP contribution < -0.4 is 0 Å². The van der Waals surface area contributed by atoms with Gasteiger partial charge in [0.1, 0.15) is 5.01 Å². The van der Waals surface area contributed by atoms with E-state index in [4.69, 9.17) is 0 Å². The van der Waals surface area contributed by atoms with Gasteiger partial charge in [-0.2, -0.15) is 0 Å². The smallest absolute Gasteiger partial charge is 0.174 e. The first-order valence-electron chi connectivity index (χ1n) is 4.83. The zero-order valence-corrected chi connectivity index (χ0v) is 9.36. The van der Waals surface area contributed by atoms with Crippen molar-refractivity contribution in [2.24, 2.45) is 0 Å². The third kappa shape index (κ3) is 1.86. The average Bonchev–Trinajstić information content (AvgIpc) is 2.47. The summed E-state index contributed by atoms with van der Waals surface area (Å²) in [5, 5.41) is 1.07. The Kier molecular flexibility index (Phi) is 2.65. The molecule has 1 aromatic heterocycles. The Hall–Kier alpha value is -0.740. The second-order valence-electron chi connectivity index (χ2n) is 3.90. The van der Waals surface area contributed by atoms with Crippen molar-refractivity contribution in [3.05, 3.63) is 15.6 Å². The molecule has 0 amide bonds. The number of hydrogen-bond acceptors (Lipinski definition) is 4. The Balaban J connectivity index is 2.26. The molecule has 0 saturated carbocycles. The summed E-state index contributed by atoms with van der Waals surface area (Å²) in [4.78, 5) is 19.0. The van der Waals surface area contributed by atoms with Crippen molar-refractivity contribution in [3.63, 3.8) is 0 Å². The predicted octanol–water partition coefficient (Wildman–Crippen LogP) is 1.72. The maximum absolute atomic E-state index is 11.5. The lowest BCUT2D eigenvalue weighted by atomic mass is 10.0. The molecular formula is C10H14N2OS. The number of carbonyl (C=O) groups excluding carboxylic acids is 1. The minimum Gasteiger partial charge on any atom is -0.303 e. The number of ketones is 1. The quantitative estimate of drug-likeness (QED) is 0.745. The van der Waals surface area contributed by atoms with E-state index in [1.54, 1.807) is 11.3 Å². The Labute approximate surface area is 87.8 Å². The van der Waals surface area contributed by atoms with Crippen molar-refractivity contribution >= 4 is 17.1 Å². The number of hydrogen-bond donors (Lipinski definition) is 0. The number of nitrogens with zero attached hydrogens (tertiary/aromatic N) is 2. The molecule has 1 heterocycles. The van der Waals surface area contributed by atoms with Gasteiger partial charge in [0, 0.05) is 13.0 Å². The molecule has 0 fully saturated rings. The highest BCUT2D eigenvalue weighted by atomic mass is 32.1. The van der Waals surface area contributed by atoms with Gasteiger partial charge in [-0.05, 0) is 26.9 Å². The number of fused-ring (bicyclic) bond motifs is 1. The van der Waals surface area contributed by atoms with Crippen molar-refractivity contribution in [2.75, 3.05) is 14.1 Å². The standard InChI is InChI=1S/C10H14N2OS/c1-12(2)6-9-11-7-4-3-5-8(13)10(7)14-9/h3-6H2,1-2H3. The van der Waals surface area contributed by atoms with Gasteiger partial charge in [0.2, 0.25) is 0 Å². The molecule has 76 valence electrons. The third-order valence-electron chi connectivity index (χ3n) is 2.26. The summed E-state index contributed by atoms with van der Waals surface area (Å²) in [6.45, 7) is 0.838. The molecule has 0 unspecified atom stereocenters. The average molecular weight is 210 g/mol. The van der Waals surface area contributed by atoms with E-state index >= 15 is 0 Å². The number of aryl methyl sites for hydroxylation is 1. The molecule has 0 saturated heterocycles. The van der Waals surface area contributed by atoms with Crippen molar-refractivity contribution in [1.29, 1.82) is 0 Å². The molecule has 2 rings (SSSR count). The molecule has 1 aliphatic rings. The maximum Gasteiger partial charge on any atom is 0.174 e. The van der Waals surface area contributed by atoms with E-state index in [1.165, 1.54) is 0 Å². The number of aromatic nitrogens is 1. The van der Waals surface area contributed by atoms with Gasteiger partial charge in [0.05, 0.1) is 10.6 Å². The lowest BCUT2D eigenvalue weighted by Gasteiger charge is -2.06. The molecule has 0 aromatic carbocycles. The van der Waals surface area contributed by atoms with Gasteiger partial charge >= 0.3 is 0 Å². The lowest BCUT2D eigenvalue weighted by molar-refractivity contribution is 0.0976. The maximum atomic E-state index is 11.5. The number of thiazole rings is 1. The first-order valence-corrected chi connectivity index (χ1v) is 5.65. The second-order valence-corrected chi connectivity index (χ2v) is 4.98. The molecule has 4 heteroatoms. The Morgan fingerprint density at radius 1 is 1.43 bits per heavy atom. The molecule has 0 radical (unpaired) electrons. The summed E-state index contributed by atoms with van der Waals surface area (Å²) >= 11 is 1.57. The monoisotopic (exact) mass is 210 g/mol. The molecule has 0 bridgehead atoms. The molecule has 1 aromatic rings. The predicted molar refractivity (Wildman–Crippen MR) is 56.8 cm³/mol. The Morgan fingerprint density at radius 3 is 2.86 bits per heavy atom. The van der Waals surface area contributed by atoms with Gasteiger partial charge in [-0.25, -0.2) is 4.98 Å². The highest BCUT2D eigenvalue weighted by Gasteiger charge is 2.21. The molecule has 0 N–H and O–H groups in total. The summed E-state index contributed by atoms with van der Waals surface area (Å²) in [7, 11) is 4.03. The molecule has 1 aliphatic carbocycles. The fourth-order valence-electron chi connectivity index (χ4n) is 1.66. The minimum atomic E-state index is 0.286. The minimum absolute atomic E-state index is 0.286. The summed E-state index contributed by atoms with van der Waals surface area (Å²) in [5.41, 5.74) is 1.03. The first kappa shape index (κ1) is 9.80. The normalized spacial score (nSPS) is 16.1. The number of Topliss-reactive ketones (excluding diaryl/α,β-unsaturated/α-hetero) is 1. The Bertz CT molecular complexity index is 357. The van der Waals surface area contributed by atoms with Gasteiger partial charge in [0.25, 0.3) is 0 Å². The summed E-state index contributed by atoms with van der Waals surface area (Å²) in [6, 6.07) is 0. The third-order valence-corrected chi connectivity index (χ3v) is 3.39. The van der Waals surface area contributed by atoms with Gasteiger partial charge in [-0.1, -0.05) is 0 Å². The van der Waals surface area contributed by atoms with Crippen LogP contribution in [0.5, 0.6) is 0 Å². The highest BCUT2D eigenvalue weighted by molar-refractivity contribution is 7.13. The SMILES string of the molecule is CN(C)Cc1nc2c(s1)C(=O)CCC2. The topological polar surface area (TPSA) is 33.2 Å². The zero-order chi connectivity index (χ0) is 10.1. The second kappa shape index (κ2) is 3.79. The van der Waals surface area contributed by atoms with E-state index in [2.05, 4.69) is 9.88 Å². The van der Waals surface area contributed by atoms with E-state index < -0.39 is 0 Å². The van der Waals surface area contributed by atoms with Crippen LogP contribution in [0.15, 0.2) is 0 Å². The highest BCUT2D eigenvalue weighted by Crippen LogP contribution is 2.26. The van der Waals surface area contributed by atoms with Gasteiger partial charge in [-0.15, -0.1) is 11.3 Å². The van der Waals surface area contributed by atoms with Crippen molar-refractivity contribution in [1.82, 2.24) is 9.88 Å². The van der Waals surface area contributed by atoms with E-state index in [0.717, 1.165) is 35.0 Å². The van der Waals surface area contributed by atoms with Crippen LogP contribution >= 0.6 is 11.3 Å². The molecule has 0 spiro atoms. The van der Waals surface area contributed by atoms with Gasteiger partial charge in [-0.3, -0.25) is 4.79 Å². The molecule has 0 atom stereocenters. The van der Waals surface area contributed by atoms with E-state index in [9.17, 15) is 4.79 Å². The van der Waals surface area contributed by atoms with Crippen LogP contribution in [0, 0.1) is 0 Å². The summed E-state index contributed by atoms with van der Waals surface area (Å²) in [6.07, 6.45) is 2.65. The molecule has 0 aliphatic heterocycles. The van der Waals surface area contributed by atoms with Crippen LogP contribution in [0.3, 0.4) is 0 Å². The van der Waals surface area contributed by atoms with Gasteiger partial charge < -0.3 is 4.90 Å². The van der Waals surface area contributed by atoms with Gasteiger partial charge in [0.15, 0.2) is 5.78 Å². The van der Waals surface area contributed by atoms with Crippen molar-refractivity contribution in [2.45, 2.75) is 25.8 Å². The first-order chi connectivity index (χ1) is 6.66. The molecular weight excluding hydrogens is 196 g/mol. The van der Waals surface area contributed by atoms with Crippen LogP contribution in [-0.4, -0.2) is 29.8 Å². The van der Waals surface area contributed by atoms with Crippen LogP contribution in [0.4, 0.5) is 0 Å². The lowest BCUT2D eigenvalue weighted by Crippen LogP contribution is -2.10. The molecule has 14 heavy (non-hydrogen) atoms. The van der Waals surface area contributed by atoms with Crippen molar-refractivity contribution < 1.29 is 4.79 Å². The fraction of sp³-hybridized carbons (Fsp3) is 0.600. The number of rotatable bonds is 2. The van der Waals surface area contributed by atoms with E-state index in [0.29, 0.717) is 6.42 Å². The van der Waals surface area contributed by atoms with Crippen LogP contribution in [0.1, 0.15) is 33.2 Å². The van der Waals surface area contributed by atoms with E-state index in [1.807, 2.05) is 14.1 Å². The van der Waals surface area contributed by atoms with Crippen LogP contribution in [0.25, 0.3) is 0 Å². The van der Waals surface area contributed by atoms with Crippen molar-refractivity contribution in [3.8, 4) is 0 Å². The van der Waals surface area contributed by atoms with Crippen LogP contribution in [0.2, 0.25) is 0 Å². The number of carbonyl (C=O) groups is 1. The summed E-state index contributed by atoms with van der Waals surface area (Å²) < 4.78 is 0. The Morgan fingerprint density at radius 2 is 2.21 bits per heavy atom. The molecule has 3 nitrogen and oxygen atoms in total.